The Bertz CT molecular complexity index is 1620. The summed E-state index contributed by atoms with van der Waals surface area (Å²) < 4.78 is 30.1. The fourth-order valence-electron chi connectivity index (χ4n) is 4.68. The highest BCUT2D eigenvalue weighted by atomic mass is 19.1. The monoisotopic (exact) mass is 504 g/mol. The number of pyridine rings is 2. The fourth-order valence-corrected chi connectivity index (χ4v) is 4.68. The lowest BCUT2D eigenvalue weighted by molar-refractivity contribution is 0.183. The molecular formula is C26H29FN8O2. The SMILES string of the molecule is Cc1cnc2[nH]c(F)c(Oc3cnc4nc(Nc5cc(C(C)(C)C)n([C@@H]6CCOC6)n5)n(C)c4c3)c2c1. The number of anilines is 2. The Morgan fingerprint density at radius 1 is 1.19 bits per heavy atom. The molecule has 0 aliphatic carbocycles. The summed E-state index contributed by atoms with van der Waals surface area (Å²) in [6.45, 7) is 9.83. The van der Waals surface area contributed by atoms with E-state index in [-0.39, 0.29) is 17.2 Å². The predicted molar refractivity (Wildman–Crippen MR) is 138 cm³/mol. The first-order valence-corrected chi connectivity index (χ1v) is 12.3. The van der Waals surface area contributed by atoms with Gasteiger partial charge in [0.05, 0.1) is 29.7 Å². The van der Waals surface area contributed by atoms with Gasteiger partial charge in [-0.05, 0) is 25.0 Å². The number of aromatic nitrogens is 7. The third kappa shape index (κ3) is 4.18. The van der Waals surface area contributed by atoms with Gasteiger partial charge in [-0.1, -0.05) is 20.8 Å². The number of H-pyrrole nitrogens is 1. The second-order valence-electron chi connectivity index (χ2n) is 10.5. The molecule has 6 heterocycles. The highest BCUT2D eigenvalue weighted by Crippen LogP contribution is 2.34. The number of hydrogen-bond donors (Lipinski definition) is 2. The number of imidazole rings is 1. The van der Waals surface area contributed by atoms with Crippen molar-refractivity contribution in [2.45, 2.75) is 45.6 Å². The third-order valence-electron chi connectivity index (χ3n) is 6.63. The molecule has 5 aromatic heterocycles. The molecule has 1 aliphatic rings. The summed E-state index contributed by atoms with van der Waals surface area (Å²) in [4.78, 5) is 15.9. The maximum atomic E-state index is 14.6. The van der Waals surface area contributed by atoms with E-state index < -0.39 is 5.95 Å². The molecule has 192 valence electrons. The fraction of sp³-hybridized carbons (Fsp3) is 0.385. The van der Waals surface area contributed by atoms with Gasteiger partial charge < -0.3 is 24.3 Å². The van der Waals surface area contributed by atoms with E-state index in [0.29, 0.717) is 40.8 Å². The molecule has 37 heavy (non-hydrogen) atoms. The van der Waals surface area contributed by atoms with Crippen molar-refractivity contribution in [2.24, 2.45) is 7.05 Å². The lowest BCUT2D eigenvalue weighted by Crippen LogP contribution is -2.22. The number of rotatable bonds is 5. The smallest absolute Gasteiger partial charge is 0.236 e. The first-order chi connectivity index (χ1) is 17.7. The van der Waals surface area contributed by atoms with Gasteiger partial charge in [-0.3, -0.25) is 4.68 Å². The van der Waals surface area contributed by atoms with Crippen molar-refractivity contribution in [3.63, 3.8) is 0 Å². The summed E-state index contributed by atoms with van der Waals surface area (Å²) >= 11 is 0. The Morgan fingerprint density at radius 2 is 2.03 bits per heavy atom. The summed E-state index contributed by atoms with van der Waals surface area (Å²) in [6.07, 6.45) is 4.15. The van der Waals surface area contributed by atoms with Gasteiger partial charge in [0.1, 0.15) is 11.4 Å². The van der Waals surface area contributed by atoms with Gasteiger partial charge in [0.2, 0.25) is 11.9 Å². The van der Waals surface area contributed by atoms with Crippen LogP contribution < -0.4 is 10.1 Å². The van der Waals surface area contributed by atoms with Crippen LogP contribution in [0.4, 0.5) is 16.2 Å². The Hall–Kier alpha value is -3.99. The van der Waals surface area contributed by atoms with Gasteiger partial charge in [-0.2, -0.15) is 14.5 Å². The second kappa shape index (κ2) is 8.55. The van der Waals surface area contributed by atoms with E-state index >= 15 is 0 Å². The van der Waals surface area contributed by atoms with Gasteiger partial charge in [-0.25, -0.2) is 9.97 Å². The molecule has 5 aromatic rings. The molecule has 1 atom stereocenters. The molecule has 1 fully saturated rings. The van der Waals surface area contributed by atoms with Crippen LogP contribution in [0.2, 0.25) is 0 Å². The number of fused-ring (bicyclic) bond motifs is 2. The Kier molecular flexibility index (Phi) is 5.41. The standard InChI is InChI=1S/C26H29FN8O2/c1-14-8-17-21(22(27)31-23(17)28-11-14)37-16-9-18-24(29-12-16)32-25(34(18)5)30-20-10-19(26(2,3)4)35(33-20)15-6-7-36-13-15/h8-12,15H,6-7,13H2,1-5H3,(H,28,31)(H,29,30,32,33)/t15-/m1/s1. The van der Waals surface area contributed by atoms with Gasteiger partial charge in [0, 0.05) is 43.1 Å². The zero-order valence-corrected chi connectivity index (χ0v) is 21.5. The van der Waals surface area contributed by atoms with Crippen LogP contribution in [0.25, 0.3) is 22.2 Å². The summed E-state index contributed by atoms with van der Waals surface area (Å²) in [5, 5.41) is 8.77. The van der Waals surface area contributed by atoms with Gasteiger partial charge in [-0.15, -0.1) is 0 Å². The number of ether oxygens (including phenoxy) is 2. The summed E-state index contributed by atoms with van der Waals surface area (Å²) in [6, 6.07) is 5.90. The van der Waals surface area contributed by atoms with E-state index in [1.54, 1.807) is 12.3 Å². The van der Waals surface area contributed by atoms with Crippen LogP contribution in [0.5, 0.6) is 11.5 Å². The van der Waals surface area contributed by atoms with Crippen LogP contribution in [0.3, 0.4) is 0 Å². The molecule has 2 N–H and O–H groups in total. The van der Waals surface area contributed by atoms with Gasteiger partial charge in [0.25, 0.3) is 0 Å². The van der Waals surface area contributed by atoms with Crippen LogP contribution >= 0.6 is 0 Å². The van der Waals surface area contributed by atoms with E-state index in [9.17, 15) is 4.39 Å². The first kappa shape index (κ1) is 23.4. The largest absolute Gasteiger partial charge is 0.450 e. The van der Waals surface area contributed by atoms with E-state index in [0.717, 1.165) is 29.8 Å². The lowest BCUT2D eigenvalue weighted by atomic mass is 9.91. The van der Waals surface area contributed by atoms with Crippen molar-refractivity contribution in [1.82, 2.24) is 34.3 Å². The molecule has 1 saturated heterocycles. The maximum Gasteiger partial charge on any atom is 0.236 e. The number of nitrogens with zero attached hydrogens (tertiary/aromatic N) is 6. The zero-order valence-electron chi connectivity index (χ0n) is 21.5. The molecule has 0 radical (unpaired) electrons. The number of hydrogen-bond acceptors (Lipinski definition) is 7. The molecular weight excluding hydrogens is 475 g/mol. The maximum absolute atomic E-state index is 14.6. The Labute approximate surface area is 212 Å². The minimum Gasteiger partial charge on any atom is -0.450 e. The second-order valence-corrected chi connectivity index (χ2v) is 10.5. The summed E-state index contributed by atoms with van der Waals surface area (Å²) in [5.41, 5.74) is 3.65. The van der Waals surface area contributed by atoms with Gasteiger partial charge in [0.15, 0.2) is 17.2 Å². The number of aryl methyl sites for hydroxylation is 2. The molecule has 0 saturated carbocycles. The predicted octanol–water partition coefficient (Wildman–Crippen LogP) is 5.28. The van der Waals surface area contributed by atoms with Crippen LogP contribution in [-0.2, 0) is 17.2 Å². The average molecular weight is 505 g/mol. The van der Waals surface area contributed by atoms with Crippen molar-refractivity contribution in [3.05, 3.63) is 47.8 Å². The Balaban J connectivity index is 1.31. The molecule has 10 nitrogen and oxygen atoms in total. The first-order valence-electron chi connectivity index (χ1n) is 12.3. The van der Waals surface area contributed by atoms with Crippen LogP contribution in [-0.4, -0.2) is 47.5 Å². The van der Waals surface area contributed by atoms with Crippen LogP contribution in [0, 0.1) is 12.9 Å². The molecule has 0 spiro atoms. The van der Waals surface area contributed by atoms with Gasteiger partial charge >= 0.3 is 0 Å². The summed E-state index contributed by atoms with van der Waals surface area (Å²) in [5.74, 6) is 1.19. The highest BCUT2D eigenvalue weighted by molar-refractivity contribution is 5.84. The van der Waals surface area contributed by atoms with Crippen molar-refractivity contribution in [1.29, 1.82) is 0 Å². The van der Waals surface area contributed by atoms with Crippen molar-refractivity contribution in [3.8, 4) is 11.5 Å². The molecule has 0 unspecified atom stereocenters. The van der Waals surface area contributed by atoms with E-state index in [2.05, 4.69) is 56.8 Å². The third-order valence-corrected chi connectivity index (χ3v) is 6.63. The van der Waals surface area contributed by atoms with E-state index in [1.807, 2.05) is 24.6 Å². The number of aromatic amines is 1. The highest BCUT2D eigenvalue weighted by Gasteiger charge is 2.28. The molecule has 0 aromatic carbocycles. The quantitative estimate of drug-likeness (QED) is 0.335. The van der Waals surface area contributed by atoms with E-state index in [1.165, 1.54) is 6.20 Å². The van der Waals surface area contributed by atoms with Crippen molar-refractivity contribution < 1.29 is 13.9 Å². The molecule has 0 bridgehead atoms. The van der Waals surface area contributed by atoms with Crippen LogP contribution in [0.1, 0.15) is 44.5 Å². The number of halogens is 1. The van der Waals surface area contributed by atoms with Crippen molar-refractivity contribution >= 4 is 34.0 Å². The lowest BCUT2D eigenvalue weighted by Gasteiger charge is -2.22. The topological polar surface area (TPSA) is 108 Å². The van der Waals surface area contributed by atoms with Crippen LogP contribution in [0.15, 0.2) is 30.6 Å². The normalized spacial score (nSPS) is 16.2. The average Bonchev–Trinajstić information content (AvgIpc) is 3.62. The van der Waals surface area contributed by atoms with E-state index in [4.69, 9.17) is 14.6 Å². The minimum absolute atomic E-state index is 0.0819. The minimum atomic E-state index is -0.585. The number of nitrogens with one attached hydrogen (secondary N) is 2. The zero-order chi connectivity index (χ0) is 25.9. The molecule has 1 aliphatic heterocycles. The Morgan fingerprint density at radius 3 is 2.78 bits per heavy atom. The van der Waals surface area contributed by atoms with Crippen molar-refractivity contribution in [2.75, 3.05) is 18.5 Å². The summed E-state index contributed by atoms with van der Waals surface area (Å²) in [7, 11) is 1.88. The molecule has 0 amide bonds. The molecule has 11 heteroatoms. The molecule has 6 rings (SSSR count).